The number of anilines is 1. The van der Waals surface area contributed by atoms with Crippen molar-refractivity contribution in [2.45, 2.75) is 38.4 Å². The second kappa shape index (κ2) is 8.78. The smallest absolute Gasteiger partial charge is 0.435 e. The molecule has 10 nitrogen and oxygen atoms in total. The van der Waals surface area contributed by atoms with Gasteiger partial charge in [-0.2, -0.15) is 18.3 Å². The minimum atomic E-state index is -4.51. The van der Waals surface area contributed by atoms with Gasteiger partial charge in [0.25, 0.3) is 0 Å². The lowest BCUT2D eigenvalue weighted by atomic mass is 10.1. The number of aromatic nitrogens is 8. The fourth-order valence-electron chi connectivity index (χ4n) is 4.43. The highest BCUT2D eigenvalue weighted by molar-refractivity contribution is 5.77. The lowest BCUT2D eigenvalue weighted by molar-refractivity contribution is -0.141. The Morgan fingerprint density at radius 2 is 1.84 bits per heavy atom. The second-order valence-electron chi connectivity index (χ2n) is 9.12. The second-order valence-corrected chi connectivity index (χ2v) is 9.12. The quantitative estimate of drug-likeness (QED) is 0.351. The van der Waals surface area contributed by atoms with Crippen LogP contribution in [-0.4, -0.2) is 46.4 Å². The molecule has 6 rings (SSSR count). The molecule has 1 aromatic carbocycles. The van der Waals surface area contributed by atoms with Gasteiger partial charge >= 0.3 is 6.18 Å². The third-order valence-electron chi connectivity index (χ3n) is 6.44. The average Bonchev–Trinajstić information content (AvgIpc) is 3.60. The monoisotopic (exact) mass is 521 g/mol. The number of hydrogen-bond acceptors (Lipinski definition) is 8. The van der Waals surface area contributed by atoms with Gasteiger partial charge in [0.2, 0.25) is 11.8 Å². The van der Waals surface area contributed by atoms with Crippen molar-refractivity contribution in [2.75, 3.05) is 12.8 Å². The Morgan fingerprint density at radius 3 is 2.50 bits per heavy atom. The maximum atomic E-state index is 13.1. The van der Waals surface area contributed by atoms with Gasteiger partial charge in [-0.05, 0) is 43.5 Å². The van der Waals surface area contributed by atoms with Crippen molar-refractivity contribution in [3.63, 3.8) is 0 Å². The van der Waals surface area contributed by atoms with E-state index in [0.717, 1.165) is 30.2 Å². The number of nitrogen functional groups attached to an aromatic ring is 1. The molecule has 0 saturated heterocycles. The van der Waals surface area contributed by atoms with Crippen LogP contribution in [0.15, 0.2) is 42.9 Å². The minimum absolute atomic E-state index is 0.256. The van der Waals surface area contributed by atoms with Crippen LogP contribution in [0.4, 0.5) is 19.1 Å². The number of aryl methyl sites for hydroxylation is 1. The van der Waals surface area contributed by atoms with E-state index in [2.05, 4.69) is 25.0 Å². The number of halogens is 3. The summed E-state index contributed by atoms with van der Waals surface area (Å²) < 4.78 is 47.7. The molecule has 0 aliphatic heterocycles. The Hall–Kier alpha value is -4.55. The van der Waals surface area contributed by atoms with Crippen molar-refractivity contribution in [3.8, 4) is 23.0 Å². The van der Waals surface area contributed by atoms with E-state index in [1.807, 2.05) is 0 Å². The average molecular weight is 522 g/mol. The normalized spacial score (nSPS) is 13.8. The molecule has 13 heteroatoms. The maximum absolute atomic E-state index is 13.1. The highest BCUT2D eigenvalue weighted by atomic mass is 19.4. The summed E-state index contributed by atoms with van der Waals surface area (Å²) in [6, 6.07) is 8.04. The Kier molecular flexibility index (Phi) is 5.51. The Balaban J connectivity index is 1.34. The van der Waals surface area contributed by atoms with Gasteiger partial charge in [-0.25, -0.2) is 29.6 Å². The standard InChI is InChI=1S/C25H22F3N9O/c1-13-9-18(25(26,27)28)35-37(13)16-7-3-14(4-8-16)11-36-22-17(33-24(36)29)10-30-21(34-22)19-20(15-5-6-15)31-12-32-23(19)38-2/h3-4,7-10,12,15H,5-6,11H2,1-2H3,(H2,29,33). The van der Waals surface area contributed by atoms with Crippen LogP contribution in [0.1, 0.15) is 41.4 Å². The number of benzene rings is 1. The molecule has 194 valence electrons. The van der Waals surface area contributed by atoms with Crippen molar-refractivity contribution >= 4 is 17.1 Å². The summed E-state index contributed by atoms with van der Waals surface area (Å²) in [4.78, 5) is 22.4. The van der Waals surface area contributed by atoms with Gasteiger partial charge in [0.15, 0.2) is 17.2 Å². The van der Waals surface area contributed by atoms with E-state index in [1.54, 1.807) is 49.1 Å². The molecule has 0 amide bonds. The number of methoxy groups -OCH3 is 1. The van der Waals surface area contributed by atoms with Crippen LogP contribution in [0.2, 0.25) is 0 Å². The third kappa shape index (κ3) is 4.19. The van der Waals surface area contributed by atoms with Crippen molar-refractivity contribution < 1.29 is 17.9 Å². The fraction of sp³-hybridized carbons (Fsp3) is 0.280. The minimum Gasteiger partial charge on any atom is -0.480 e. The Morgan fingerprint density at radius 1 is 1.08 bits per heavy atom. The number of imidazole rings is 1. The van der Waals surface area contributed by atoms with Crippen LogP contribution in [0.5, 0.6) is 5.88 Å². The molecule has 0 unspecified atom stereocenters. The number of fused-ring (bicyclic) bond motifs is 1. The number of alkyl halides is 3. The molecule has 5 aromatic rings. The lowest BCUT2D eigenvalue weighted by Gasteiger charge is -2.11. The number of rotatable bonds is 6. The molecule has 0 atom stereocenters. The summed E-state index contributed by atoms with van der Waals surface area (Å²) in [7, 11) is 1.54. The van der Waals surface area contributed by atoms with E-state index < -0.39 is 11.9 Å². The van der Waals surface area contributed by atoms with E-state index in [1.165, 1.54) is 11.0 Å². The van der Waals surface area contributed by atoms with E-state index in [-0.39, 0.29) is 5.95 Å². The number of nitrogens with two attached hydrogens (primary N) is 1. The predicted molar refractivity (Wildman–Crippen MR) is 132 cm³/mol. The van der Waals surface area contributed by atoms with E-state index >= 15 is 0 Å². The van der Waals surface area contributed by atoms with Crippen LogP contribution in [-0.2, 0) is 12.7 Å². The van der Waals surface area contributed by atoms with Crippen LogP contribution >= 0.6 is 0 Å². The van der Waals surface area contributed by atoms with E-state index in [9.17, 15) is 13.2 Å². The van der Waals surface area contributed by atoms with Gasteiger partial charge in [-0.3, -0.25) is 4.57 Å². The molecule has 0 spiro atoms. The summed E-state index contributed by atoms with van der Waals surface area (Å²) in [5, 5.41) is 3.71. The Labute approximate surface area is 214 Å². The molecule has 1 saturated carbocycles. The number of ether oxygens (including phenoxy) is 1. The van der Waals surface area contributed by atoms with Gasteiger partial charge in [0, 0.05) is 11.6 Å². The third-order valence-corrected chi connectivity index (χ3v) is 6.44. The first-order chi connectivity index (χ1) is 18.2. The molecule has 1 fully saturated rings. The molecule has 4 aromatic heterocycles. The first-order valence-corrected chi connectivity index (χ1v) is 11.8. The van der Waals surface area contributed by atoms with Crippen LogP contribution in [0.3, 0.4) is 0 Å². The lowest BCUT2D eigenvalue weighted by Crippen LogP contribution is -2.08. The molecular formula is C25H22F3N9O. The summed E-state index contributed by atoms with van der Waals surface area (Å²) in [5.74, 6) is 1.40. The van der Waals surface area contributed by atoms with Crippen molar-refractivity contribution in [1.82, 2.24) is 39.3 Å². The maximum Gasteiger partial charge on any atom is 0.435 e. The highest BCUT2D eigenvalue weighted by Gasteiger charge is 2.34. The number of nitrogens with zero attached hydrogens (tertiary/aromatic N) is 8. The van der Waals surface area contributed by atoms with E-state index in [0.29, 0.717) is 52.3 Å². The first-order valence-electron chi connectivity index (χ1n) is 11.8. The van der Waals surface area contributed by atoms with Gasteiger partial charge in [-0.1, -0.05) is 12.1 Å². The molecule has 2 N–H and O–H groups in total. The SMILES string of the molecule is COc1ncnc(C2CC2)c1-c1ncc2nc(N)n(Cc3ccc(-n4nc(C(F)(F)F)cc4C)cc3)c2n1. The highest BCUT2D eigenvalue weighted by Crippen LogP contribution is 2.45. The van der Waals surface area contributed by atoms with Crippen LogP contribution < -0.4 is 10.5 Å². The Bertz CT molecular complexity index is 1650. The summed E-state index contributed by atoms with van der Waals surface area (Å²) in [6.07, 6.45) is 0.647. The molecule has 38 heavy (non-hydrogen) atoms. The molecular weight excluding hydrogens is 499 g/mol. The topological polar surface area (TPSA) is 122 Å². The van der Waals surface area contributed by atoms with Gasteiger partial charge in [-0.15, -0.1) is 0 Å². The van der Waals surface area contributed by atoms with Crippen LogP contribution in [0.25, 0.3) is 28.2 Å². The zero-order valence-corrected chi connectivity index (χ0v) is 20.4. The van der Waals surface area contributed by atoms with Gasteiger partial charge < -0.3 is 10.5 Å². The van der Waals surface area contributed by atoms with Gasteiger partial charge in [0.05, 0.1) is 31.2 Å². The van der Waals surface area contributed by atoms with Crippen LogP contribution in [0, 0.1) is 6.92 Å². The molecule has 4 heterocycles. The number of hydrogen-bond donors (Lipinski definition) is 1. The zero-order valence-electron chi connectivity index (χ0n) is 20.4. The van der Waals surface area contributed by atoms with Crippen molar-refractivity contribution in [2.24, 2.45) is 0 Å². The van der Waals surface area contributed by atoms with Gasteiger partial charge in [0.1, 0.15) is 17.4 Å². The zero-order chi connectivity index (χ0) is 26.6. The summed E-state index contributed by atoms with van der Waals surface area (Å²) >= 11 is 0. The van der Waals surface area contributed by atoms with Crippen molar-refractivity contribution in [3.05, 3.63) is 65.5 Å². The fourth-order valence-corrected chi connectivity index (χ4v) is 4.43. The largest absolute Gasteiger partial charge is 0.480 e. The summed E-state index contributed by atoms with van der Waals surface area (Å²) in [6.45, 7) is 1.91. The van der Waals surface area contributed by atoms with Crippen molar-refractivity contribution in [1.29, 1.82) is 0 Å². The molecule has 1 aliphatic carbocycles. The first kappa shape index (κ1) is 23.8. The van der Waals surface area contributed by atoms with E-state index in [4.69, 9.17) is 15.5 Å². The molecule has 0 radical (unpaired) electrons. The predicted octanol–water partition coefficient (Wildman–Crippen LogP) is 4.31. The molecule has 1 aliphatic rings. The molecule has 0 bridgehead atoms. The summed E-state index contributed by atoms with van der Waals surface area (Å²) in [5.41, 5.74) is 9.61.